The number of azide groups is 1. The van der Waals surface area contributed by atoms with Gasteiger partial charge in [-0.25, -0.2) is 4.98 Å². The summed E-state index contributed by atoms with van der Waals surface area (Å²) < 4.78 is 0. The van der Waals surface area contributed by atoms with Crippen LogP contribution in [0.3, 0.4) is 0 Å². The molecule has 22 heavy (non-hydrogen) atoms. The molecule has 7 heteroatoms. The number of hydrogen-bond acceptors (Lipinski definition) is 3. The normalized spacial score (nSPS) is 9.68. The zero-order valence-electron chi connectivity index (χ0n) is 12.2. The van der Waals surface area contributed by atoms with Crippen molar-refractivity contribution >= 4 is 28.8 Å². The number of rotatable bonds is 5. The minimum Gasteiger partial charge on any atom is -0.362 e. The second-order valence-corrected chi connectivity index (χ2v) is 5.03. The summed E-state index contributed by atoms with van der Waals surface area (Å²) in [4.78, 5) is 7.06. The van der Waals surface area contributed by atoms with E-state index in [-0.39, 0.29) is 0 Å². The molecule has 0 spiro atoms. The van der Waals surface area contributed by atoms with Crippen molar-refractivity contribution in [1.82, 2.24) is 10.3 Å². The number of thiocarbonyl (C=S) groups is 1. The highest BCUT2D eigenvalue weighted by Gasteiger charge is 2.03. The number of nitrogens with zero attached hydrogens (tertiary/aromatic N) is 4. The second-order valence-electron chi connectivity index (χ2n) is 4.62. The van der Waals surface area contributed by atoms with E-state index in [0.29, 0.717) is 23.8 Å². The van der Waals surface area contributed by atoms with E-state index in [4.69, 9.17) is 17.7 Å². The number of benzene rings is 1. The third-order valence-corrected chi connectivity index (χ3v) is 3.31. The monoisotopic (exact) mass is 312 g/mol. The van der Waals surface area contributed by atoms with Gasteiger partial charge in [-0.2, -0.15) is 0 Å². The molecular formula is C15H16N6S. The van der Waals surface area contributed by atoms with Gasteiger partial charge in [-0.1, -0.05) is 35.4 Å². The van der Waals surface area contributed by atoms with Crippen molar-refractivity contribution in [1.29, 1.82) is 0 Å². The number of nitrogens with one attached hydrogen (secondary N) is 2. The first-order valence-corrected chi connectivity index (χ1v) is 7.21. The maximum Gasteiger partial charge on any atom is 0.171 e. The van der Waals surface area contributed by atoms with E-state index in [1.807, 2.05) is 37.3 Å². The molecule has 0 unspecified atom stereocenters. The fourth-order valence-electron chi connectivity index (χ4n) is 1.95. The molecule has 2 N–H and O–H groups in total. The molecule has 1 heterocycles. The Morgan fingerprint density at radius 2 is 2.14 bits per heavy atom. The minimum atomic E-state index is 0.517. The topological polar surface area (TPSA) is 85.7 Å². The van der Waals surface area contributed by atoms with Gasteiger partial charge in [-0.15, -0.1) is 0 Å². The maximum absolute atomic E-state index is 8.55. The van der Waals surface area contributed by atoms with Gasteiger partial charge in [0.15, 0.2) is 5.11 Å². The van der Waals surface area contributed by atoms with Gasteiger partial charge in [-0.05, 0) is 48.3 Å². The van der Waals surface area contributed by atoms with Crippen LogP contribution in [-0.2, 0) is 6.42 Å². The number of hydrogen-bond donors (Lipinski definition) is 2. The van der Waals surface area contributed by atoms with Gasteiger partial charge >= 0.3 is 0 Å². The Balaban J connectivity index is 1.88. The smallest absolute Gasteiger partial charge is 0.171 e. The van der Waals surface area contributed by atoms with Crippen LogP contribution in [0.15, 0.2) is 47.7 Å². The quantitative estimate of drug-likeness (QED) is 0.380. The summed E-state index contributed by atoms with van der Waals surface area (Å²) in [6.07, 6.45) is 2.42. The lowest BCUT2D eigenvalue weighted by Crippen LogP contribution is -2.30. The fourth-order valence-corrected chi connectivity index (χ4v) is 2.15. The minimum absolute atomic E-state index is 0.517. The molecule has 6 nitrogen and oxygen atoms in total. The zero-order chi connectivity index (χ0) is 15.8. The Hall–Kier alpha value is -2.63. The average Bonchev–Trinajstić information content (AvgIpc) is 2.51. The summed E-state index contributed by atoms with van der Waals surface area (Å²) in [5.74, 6) is 0.745. The van der Waals surface area contributed by atoms with Gasteiger partial charge in [0.2, 0.25) is 0 Å². The largest absolute Gasteiger partial charge is 0.362 e. The molecule has 0 bridgehead atoms. The summed E-state index contributed by atoms with van der Waals surface area (Å²) >= 11 is 5.25. The van der Waals surface area contributed by atoms with Crippen LogP contribution in [0.4, 0.5) is 11.5 Å². The van der Waals surface area contributed by atoms with E-state index in [0.717, 1.165) is 16.9 Å². The molecule has 0 radical (unpaired) electrons. The van der Waals surface area contributed by atoms with Crippen LogP contribution in [-0.4, -0.2) is 16.6 Å². The Morgan fingerprint density at radius 1 is 1.32 bits per heavy atom. The van der Waals surface area contributed by atoms with E-state index in [2.05, 4.69) is 25.6 Å². The molecule has 1 aromatic carbocycles. The molecule has 0 fully saturated rings. The van der Waals surface area contributed by atoms with Crippen LogP contribution >= 0.6 is 12.2 Å². The molecular weight excluding hydrogens is 296 g/mol. The van der Waals surface area contributed by atoms with Crippen molar-refractivity contribution in [2.75, 3.05) is 11.9 Å². The standard InChI is InChI=1S/C15H16N6S/c1-11-5-4-9-17-14(11)19-15(22)18-10-8-12-6-2-3-7-13(12)20-21-16/h2-7,9H,8,10H2,1H3,(H2,17,18,19,22). The van der Waals surface area contributed by atoms with Crippen LogP contribution in [0, 0.1) is 6.92 Å². The lowest BCUT2D eigenvalue weighted by atomic mass is 10.1. The number of aryl methyl sites for hydroxylation is 1. The molecule has 2 rings (SSSR count). The third kappa shape index (κ3) is 4.44. The van der Waals surface area contributed by atoms with Crippen LogP contribution < -0.4 is 10.6 Å². The highest BCUT2D eigenvalue weighted by atomic mass is 32.1. The molecule has 0 saturated heterocycles. The molecule has 2 aromatic rings. The van der Waals surface area contributed by atoms with Gasteiger partial charge in [0.05, 0.1) is 0 Å². The Morgan fingerprint density at radius 3 is 2.91 bits per heavy atom. The Labute approximate surface area is 134 Å². The lowest BCUT2D eigenvalue weighted by Gasteiger charge is -2.12. The highest BCUT2D eigenvalue weighted by Crippen LogP contribution is 2.18. The van der Waals surface area contributed by atoms with Gasteiger partial charge in [0.1, 0.15) is 5.82 Å². The molecule has 0 amide bonds. The summed E-state index contributed by atoms with van der Waals surface area (Å²) in [7, 11) is 0. The number of anilines is 1. The Bertz CT molecular complexity index is 709. The summed E-state index contributed by atoms with van der Waals surface area (Å²) in [5.41, 5.74) is 11.2. The van der Waals surface area contributed by atoms with Crippen LogP contribution in [0.5, 0.6) is 0 Å². The van der Waals surface area contributed by atoms with Crippen molar-refractivity contribution < 1.29 is 0 Å². The van der Waals surface area contributed by atoms with Gasteiger partial charge in [0, 0.05) is 23.3 Å². The predicted molar refractivity (Wildman–Crippen MR) is 92.1 cm³/mol. The molecule has 0 aliphatic rings. The molecule has 0 aliphatic heterocycles. The first-order chi connectivity index (χ1) is 10.7. The molecule has 1 aromatic heterocycles. The second kappa shape index (κ2) is 7.97. The van der Waals surface area contributed by atoms with Crippen LogP contribution in [0.25, 0.3) is 10.4 Å². The first-order valence-electron chi connectivity index (χ1n) is 6.80. The van der Waals surface area contributed by atoms with Crippen molar-refractivity contribution in [2.24, 2.45) is 5.11 Å². The zero-order valence-corrected chi connectivity index (χ0v) is 13.0. The highest BCUT2D eigenvalue weighted by molar-refractivity contribution is 7.80. The van der Waals surface area contributed by atoms with Crippen molar-refractivity contribution in [3.8, 4) is 0 Å². The van der Waals surface area contributed by atoms with Crippen molar-refractivity contribution in [2.45, 2.75) is 13.3 Å². The van der Waals surface area contributed by atoms with E-state index < -0.39 is 0 Å². The predicted octanol–water partition coefficient (Wildman–Crippen LogP) is 3.86. The summed E-state index contributed by atoms with van der Waals surface area (Å²) in [6, 6.07) is 11.3. The average molecular weight is 312 g/mol. The first kappa shape index (κ1) is 15.8. The van der Waals surface area contributed by atoms with E-state index >= 15 is 0 Å². The van der Waals surface area contributed by atoms with Gasteiger partial charge < -0.3 is 10.6 Å². The number of aromatic nitrogens is 1. The van der Waals surface area contributed by atoms with Crippen LogP contribution in [0.2, 0.25) is 0 Å². The SMILES string of the molecule is Cc1cccnc1NC(=S)NCCc1ccccc1N=[N+]=[N-]. The van der Waals surface area contributed by atoms with Crippen molar-refractivity contribution in [3.63, 3.8) is 0 Å². The third-order valence-electron chi connectivity index (χ3n) is 3.07. The summed E-state index contributed by atoms with van der Waals surface area (Å²) in [6.45, 7) is 2.60. The van der Waals surface area contributed by atoms with E-state index in [1.54, 1.807) is 12.3 Å². The van der Waals surface area contributed by atoms with Gasteiger partial charge in [-0.3, -0.25) is 0 Å². The van der Waals surface area contributed by atoms with E-state index in [1.165, 1.54) is 0 Å². The summed E-state index contributed by atoms with van der Waals surface area (Å²) in [5, 5.41) is 10.4. The molecule has 0 aliphatic carbocycles. The van der Waals surface area contributed by atoms with Gasteiger partial charge in [0.25, 0.3) is 0 Å². The lowest BCUT2D eigenvalue weighted by molar-refractivity contribution is 0.872. The molecule has 0 saturated carbocycles. The van der Waals surface area contributed by atoms with Crippen LogP contribution in [0.1, 0.15) is 11.1 Å². The van der Waals surface area contributed by atoms with E-state index in [9.17, 15) is 0 Å². The molecule has 0 atom stereocenters. The maximum atomic E-state index is 8.55. The Kier molecular flexibility index (Phi) is 5.71. The molecule has 112 valence electrons. The van der Waals surface area contributed by atoms with Crippen molar-refractivity contribution in [3.05, 3.63) is 64.2 Å². The number of pyridine rings is 1. The fraction of sp³-hybridized carbons (Fsp3) is 0.200.